The molecule has 0 aliphatic rings. The molecule has 1 nitrogen and oxygen atoms in total. The zero-order valence-corrected chi connectivity index (χ0v) is 12.4. The fraction of sp³-hybridized carbons (Fsp3) is 0.222. The van der Waals surface area contributed by atoms with Gasteiger partial charge in [-0.05, 0) is 35.3 Å². The molecule has 2 rings (SSSR count). The Kier molecular flexibility index (Phi) is 5.69. The van der Waals surface area contributed by atoms with Crippen LogP contribution in [0.4, 0.5) is 0 Å². The van der Waals surface area contributed by atoms with Gasteiger partial charge in [-0.2, -0.15) is 0 Å². The third kappa shape index (κ3) is 4.14. The Bertz CT molecular complexity index is 543. The summed E-state index contributed by atoms with van der Waals surface area (Å²) in [6, 6.07) is 18.6. The van der Waals surface area contributed by atoms with Crippen molar-refractivity contribution < 1.29 is 4.74 Å². The third-order valence-electron chi connectivity index (χ3n) is 3.09. The average molecular weight is 287 g/mol. The molecule has 0 spiro atoms. The van der Waals surface area contributed by atoms with Gasteiger partial charge in [0.15, 0.2) is 0 Å². The summed E-state index contributed by atoms with van der Waals surface area (Å²) in [6.07, 6.45) is 3.23. The van der Waals surface area contributed by atoms with Gasteiger partial charge in [-0.1, -0.05) is 55.5 Å². The molecule has 0 saturated carbocycles. The highest BCUT2D eigenvalue weighted by Gasteiger charge is 1.99. The first-order valence-electron chi connectivity index (χ1n) is 6.88. The molecule has 0 aliphatic heterocycles. The summed E-state index contributed by atoms with van der Waals surface area (Å²) in [5.74, 6) is 1.37. The van der Waals surface area contributed by atoms with Gasteiger partial charge >= 0.3 is 0 Å². The Balaban J connectivity index is 2.16. The molecule has 20 heavy (non-hydrogen) atoms. The molecule has 0 heterocycles. The van der Waals surface area contributed by atoms with Crippen molar-refractivity contribution in [2.75, 3.05) is 12.5 Å². The van der Waals surface area contributed by atoms with Crippen molar-refractivity contribution in [1.29, 1.82) is 0 Å². The predicted molar refractivity (Wildman–Crippen MR) is 87.3 cm³/mol. The minimum atomic E-state index is 0.510. The maximum Gasteiger partial charge on any atom is 0.119 e. The molecular weight excluding hydrogens is 268 g/mol. The summed E-state index contributed by atoms with van der Waals surface area (Å²) in [5, 5.41) is 0. The number of rotatable bonds is 6. The molecular formula is C18H19ClO. The monoisotopic (exact) mass is 286 g/mol. The molecule has 0 unspecified atom stereocenters. The van der Waals surface area contributed by atoms with Crippen LogP contribution in [0.2, 0.25) is 0 Å². The second-order valence-electron chi connectivity index (χ2n) is 4.50. The lowest BCUT2D eigenvalue weighted by Gasteiger charge is -2.07. The van der Waals surface area contributed by atoms with Gasteiger partial charge in [0, 0.05) is 0 Å². The second-order valence-corrected chi connectivity index (χ2v) is 4.87. The maximum absolute atomic E-state index is 5.60. The molecule has 2 aromatic rings. The maximum atomic E-state index is 5.60. The van der Waals surface area contributed by atoms with E-state index in [0.717, 1.165) is 12.2 Å². The van der Waals surface area contributed by atoms with Crippen molar-refractivity contribution in [3.05, 3.63) is 65.7 Å². The highest BCUT2D eigenvalue weighted by atomic mass is 35.5. The van der Waals surface area contributed by atoms with Crippen LogP contribution >= 0.6 is 11.6 Å². The van der Waals surface area contributed by atoms with Gasteiger partial charge in [-0.15, -0.1) is 11.6 Å². The second kappa shape index (κ2) is 7.76. The van der Waals surface area contributed by atoms with Gasteiger partial charge in [-0.25, -0.2) is 0 Å². The van der Waals surface area contributed by atoms with E-state index in [1.54, 1.807) is 0 Å². The number of ether oxygens (including phenoxy) is 1. The smallest absolute Gasteiger partial charge is 0.119 e. The van der Waals surface area contributed by atoms with Crippen molar-refractivity contribution in [3.63, 3.8) is 0 Å². The SMILES string of the molecule is CCC(=Cc1ccc(OCCCl)cc1)c1ccccc1. The molecule has 0 saturated heterocycles. The Morgan fingerprint density at radius 1 is 1.05 bits per heavy atom. The van der Waals surface area contributed by atoms with Gasteiger partial charge in [0.1, 0.15) is 12.4 Å². The molecule has 104 valence electrons. The van der Waals surface area contributed by atoms with Crippen LogP contribution < -0.4 is 4.74 Å². The van der Waals surface area contributed by atoms with Crippen LogP contribution in [0.15, 0.2) is 54.6 Å². The predicted octanol–water partition coefficient (Wildman–Crippen LogP) is 5.25. The van der Waals surface area contributed by atoms with Crippen LogP contribution in [0, 0.1) is 0 Å². The Morgan fingerprint density at radius 3 is 2.35 bits per heavy atom. The van der Waals surface area contributed by atoms with E-state index in [1.807, 2.05) is 18.2 Å². The highest BCUT2D eigenvalue weighted by Crippen LogP contribution is 2.22. The molecule has 2 heteroatoms. The van der Waals surface area contributed by atoms with Gasteiger partial charge in [-0.3, -0.25) is 0 Å². The first kappa shape index (κ1) is 14.7. The first-order valence-corrected chi connectivity index (χ1v) is 7.41. The van der Waals surface area contributed by atoms with E-state index >= 15 is 0 Å². The first-order chi connectivity index (χ1) is 9.83. The van der Waals surface area contributed by atoms with Crippen molar-refractivity contribution in [2.45, 2.75) is 13.3 Å². The number of benzene rings is 2. The molecule has 2 aromatic carbocycles. The molecule has 0 atom stereocenters. The lowest BCUT2D eigenvalue weighted by atomic mass is 10.0. The van der Waals surface area contributed by atoms with E-state index in [1.165, 1.54) is 16.7 Å². The number of hydrogen-bond donors (Lipinski definition) is 0. The average Bonchev–Trinajstić information content (AvgIpc) is 2.52. The van der Waals surface area contributed by atoms with Gasteiger partial charge < -0.3 is 4.74 Å². The van der Waals surface area contributed by atoms with Crippen molar-refractivity contribution >= 4 is 23.3 Å². The lowest BCUT2D eigenvalue weighted by molar-refractivity contribution is 0.343. The normalized spacial score (nSPS) is 11.4. The van der Waals surface area contributed by atoms with Crippen LogP contribution in [0.3, 0.4) is 0 Å². The van der Waals surface area contributed by atoms with Gasteiger partial charge in [0.25, 0.3) is 0 Å². The molecule has 0 radical (unpaired) electrons. The minimum Gasteiger partial charge on any atom is -0.492 e. The Hall–Kier alpha value is -1.73. The largest absolute Gasteiger partial charge is 0.492 e. The summed E-state index contributed by atoms with van der Waals surface area (Å²) in [7, 11) is 0. The van der Waals surface area contributed by atoms with Crippen molar-refractivity contribution in [1.82, 2.24) is 0 Å². The molecule has 0 amide bonds. The molecule has 0 N–H and O–H groups in total. The molecule has 0 aromatic heterocycles. The van der Waals surface area contributed by atoms with Gasteiger partial charge in [0.2, 0.25) is 0 Å². The zero-order valence-electron chi connectivity index (χ0n) is 11.7. The van der Waals surface area contributed by atoms with E-state index < -0.39 is 0 Å². The van der Waals surface area contributed by atoms with Crippen LogP contribution in [0.5, 0.6) is 5.75 Å². The zero-order chi connectivity index (χ0) is 14.2. The molecule has 0 fully saturated rings. The standard InChI is InChI=1S/C18H19ClO/c1-2-16(17-6-4-3-5-7-17)14-15-8-10-18(11-9-15)20-13-12-19/h3-11,14H,2,12-13H2,1H3. The number of halogens is 1. The highest BCUT2D eigenvalue weighted by molar-refractivity contribution is 6.18. The summed E-state index contributed by atoms with van der Waals surface area (Å²) in [6.45, 7) is 2.72. The summed E-state index contributed by atoms with van der Waals surface area (Å²) >= 11 is 5.60. The number of alkyl halides is 1. The van der Waals surface area contributed by atoms with Crippen molar-refractivity contribution in [3.8, 4) is 5.75 Å². The molecule has 0 bridgehead atoms. The summed E-state index contributed by atoms with van der Waals surface area (Å²) in [5.41, 5.74) is 3.79. The van der Waals surface area contributed by atoms with E-state index in [2.05, 4.69) is 49.4 Å². The number of allylic oxidation sites excluding steroid dienone is 1. The topological polar surface area (TPSA) is 9.23 Å². The van der Waals surface area contributed by atoms with Crippen molar-refractivity contribution in [2.24, 2.45) is 0 Å². The lowest BCUT2D eigenvalue weighted by Crippen LogP contribution is -1.97. The molecule has 0 aliphatic carbocycles. The van der Waals surface area contributed by atoms with Crippen LogP contribution in [-0.4, -0.2) is 12.5 Å². The fourth-order valence-electron chi connectivity index (χ4n) is 2.06. The number of hydrogen-bond acceptors (Lipinski definition) is 1. The van der Waals surface area contributed by atoms with E-state index in [0.29, 0.717) is 12.5 Å². The van der Waals surface area contributed by atoms with E-state index in [9.17, 15) is 0 Å². The van der Waals surface area contributed by atoms with E-state index in [4.69, 9.17) is 16.3 Å². The Morgan fingerprint density at radius 2 is 1.75 bits per heavy atom. The van der Waals surface area contributed by atoms with Crippen LogP contribution in [0.1, 0.15) is 24.5 Å². The van der Waals surface area contributed by atoms with Gasteiger partial charge in [0.05, 0.1) is 5.88 Å². The fourth-order valence-corrected chi connectivity index (χ4v) is 2.14. The summed E-state index contributed by atoms with van der Waals surface area (Å²) < 4.78 is 5.47. The third-order valence-corrected chi connectivity index (χ3v) is 3.25. The summed E-state index contributed by atoms with van der Waals surface area (Å²) in [4.78, 5) is 0. The Labute approximate surface area is 125 Å². The van der Waals surface area contributed by atoms with E-state index in [-0.39, 0.29) is 0 Å². The minimum absolute atomic E-state index is 0.510. The van der Waals surface area contributed by atoms with Crippen LogP contribution in [0.25, 0.3) is 11.6 Å². The quantitative estimate of drug-likeness (QED) is 0.520. The van der Waals surface area contributed by atoms with Crippen LogP contribution in [-0.2, 0) is 0 Å².